The van der Waals surface area contributed by atoms with Crippen LogP contribution < -0.4 is 5.01 Å². The first-order valence-electron chi connectivity index (χ1n) is 6.86. The second-order valence-corrected chi connectivity index (χ2v) is 7.03. The van der Waals surface area contributed by atoms with Gasteiger partial charge in [0.25, 0.3) is 5.91 Å². The van der Waals surface area contributed by atoms with Crippen LogP contribution in [0.1, 0.15) is 13.3 Å². The Morgan fingerprint density at radius 3 is 2.61 bits per heavy atom. The number of para-hydroxylation sites is 1. The lowest BCUT2D eigenvalue weighted by atomic mass is 10.1. The number of carbonyl (C=O) groups is 3. The monoisotopic (exact) mass is 348 g/mol. The SMILES string of the molecule is CC1=NN(c2ccccc2)C(=O)[C@H]1C(=S)S[C@H]1CC(=O)OC1=O. The number of benzene rings is 1. The molecule has 2 heterocycles. The summed E-state index contributed by atoms with van der Waals surface area (Å²) in [6, 6.07) is 9.03. The molecule has 0 aliphatic carbocycles. The van der Waals surface area contributed by atoms with Gasteiger partial charge in [-0.3, -0.25) is 14.4 Å². The molecule has 1 amide bonds. The van der Waals surface area contributed by atoms with E-state index in [-0.39, 0.29) is 12.3 Å². The van der Waals surface area contributed by atoms with E-state index in [1.807, 2.05) is 18.2 Å². The first-order chi connectivity index (χ1) is 11.0. The highest BCUT2D eigenvalue weighted by Crippen LogP contribution is 2.32. The molecule has 1 fully saturated rings. The van der Waals surface area contributed by atoms with Crippen molar-refractivity contribution >= 4 is 57.4 Å². The lowest BCUT2D eigenvalue weighted by molar-refractivity contribution is -0.151. The van der Waals surface area contributed by atoms with E-state index < -0.39 is 23.1 Å². The zero-order valence-electron chi connectivity index (χ0n) is 12.1. The van der Waals surface area contributed by atoms with E-state index in [0.717, 1.165) is 11.8 Å². The molecular formula is C15H12N2O4S2. The number of hydrogen-bond acceptors (Lipinski definition) is 7. The molecule has 0 aromatic heterocycles. The maximum absolute atomic E-state index is 12.6. The van der Waals surface area contributed by atoms with Gasteiger partial charge in [0.15, 0.2) is 0 Å². The minimum absolute atomic E-state index is 0.0247. The summed E-state index contributed by atoms with van der Waals surface area (Å²) < 4.78 is 4.82. The summed E-state index contributed by atoms with van der Waals surface area (Å²) in [5.74, 6) is -2.12. The number of esters is 2. The van der Waals surface area contributed by atoms with E-state index in [9.17, 15) is 14.4 Å². The van der Waals surface area contributed by atoms with Gasteiger partial charge in [0, 0.05) is 0 Å². The number of thiocarbonyl (C=S) groups is 1. The lowest BCUT2D eigenvalue weighted by Crippen LogP contribution is -2.31. The fraction of sp³-hybridized carbons (Fsp3) is 0.267. The smallest absolute Gasteiger partial charge is 0.327 e. The highest BCUT2D eigenvalue weighted by Gasteiger charge is 2.41. The molecule has 0 spiro atoms. The Morgan fingerprint density at radius 1 is 1.30 bits per heavy atom. The molecule has 1 aromatic rings. The molecule has 0 unspecified atom stereocenters. The maximum atomic E-state index is 12.6. The number of cyclic esters (lactones) is 2. The van der Waals surface area contributed by atoms with Crippen molar-refractivity contribution in [1.82, 2.24) is 0 Å². The Hall–Kier alpha value is -2.06. The highest BCUT2D eigenvalue weighted by atomic mass is 32.2. The molecular weight excluding hydrogens is 336 g/mol. The summed E-state index contributed by atoms with van der Waals surface area (Å²) in [6.45, 7) is 1.72. The molecule has 2 aliphatic heterocycles. The van der Waals surface area contributed by atoms with Gasteiger partial charge in [0.1, 0.15) is 11.2 Å². The van der Waals surface area contributed by atoms with Gasteiger partial charge in [-0.1, -0.05) is 30.4 Å². The summed E-state index contributed by atoms with van der Waals surface area (Å²) >= 11 is 6.34. The average Bonchev–Trinajstić information content (AvgIpc) is 2.98. The number of nitrogens with zero attached hydrogens (tertiary/aromatic N) is 2. The van der Waals surface area contributed by atoms with Crippen molar-refractivity contribution in [1.29, 1.82) is 0 Å². The number of amides is 1. The third kappa shape index (κ3) is 3.04. The number of thioether (sulfide) groups is 1. The molecule has 1 aromatic carbocycles. The van der Waals surface area contributed by atoms with Gasteiger partial charge in [0.2, 0.25) is 0 Å². The molecule has 2 atom stereocenters. The van der Waals surface area contributed by atoms with Crippen molar-refractivity contribution in [3.05, 3.63) is 30.3 Å². The van der Waals surface area contributed by atoms with E-state index in [0.29, 0.717) is 15.6 Å². The van der Waals surface area contributed by atoms with Crippen LogP contribution in [0.3, 0.4) is 0 Å². The molecule has 0 N–H and O–H groups in total. The van der Waals surface area contributed by atoms with Gasteiger partial charge < -0.3 is 4.74 Å². The van der Waals surface area contributed by atoms with Crippen LogP contribution in [-0.2, 0) is 19.1 Å². The Kier molecular flexibility index (Phi) is 4.27. The zero-order chi connectivity index (χ0) is 16.6. The standard InChI is InChI=1S/C15H12N2O4S2/c1-8-12(15(22)23-10-7-11(18)21-14(10)20)13(19)17(16-8)9-5-3-2-4-6-9/h2-6,10,12H,7H2,1H3/t10-,12-/m0/s1. The van der Waals surface area contributed by atoms with Crippen LogP contribution in [0.25, 0.3) is 0 Å². The van der Waals surface area contributed by atoms with Crippen LogP contribution in [0.2, 0.25) is 0 Å². The predicted molar refractivity (Wildman–Crippen MR) is 90.2 cm³/mol. The topological polar surface area (TPSA) is 76.0 Å². The van der Waals surface area contributed by atoms with Gasteiger partial charge in [-0.15, -0.1) is 11.8 Å². The largest absolute Gasteiger partial charge is 0.392 e. The Morgan fingerprint density at radius 2 is 2.00 bits per heavy atom. The van der Waals surface area contributed by atoms with E-state index in [1.54, 1.807) is 19.1 Å². The fourth-order valence-corrected chi connectivity index (χ4v) is 4.02. The van der Waals surface area contributed by atoms with Crippen LogP contribution in [0.5, 0.6) is 0 Å². The molecule has 3 rings (SSSR count). The lowest BCUT2D eigenvalue weighted by Gasteiger charge is -2.15. The van der Waals surface area contributed by atoms with Crippen molar-refractivity contribution < 1.29 is 19.1 Å². The second kappa shape index (κ2) is 6.21. The molecule has 1 saturated heterocycles. The maximum Gasteiger partial charge on any atom is 0.327 e. The van der Waals surface area contributed by atoms with Gasteiger partial charge in [-0.05, 0) is 19.1 Å². The first kappa shape index (κ1) is 15.8. The van der Waals surface area contributed by atoms with Gasteiger partial charge in [0.05, 0.1) is 22.0 Å². The summed E-state index contributed by atoms with van der Waals surface area (Å²) in [7, 11) is 0. The molecule has 0 radical (unpaired) electrons. The second-order valence-electron chi connectivity index (χ2n) is 5.08. The molecule has 118 valence electrons. The molecule has 0 bridgehead atoms. The van der Waals surface area contributed by atoms with Gasteiger partial charge in [-0.25, -0.2) is 0 Å². The Bertz CT molecular complexity index is 732. The number of rotatable bonds is 3. The third-order valence-electron chi connectivity index (χ3n) is 3.46. The van der Waals surface area contributed by atoms with Crippen molar-refractivity contribution in [2.24, 2.45) is 11.0 Å². The van der Waals surface area contributed by atoms with Crippen LogP contribution in [-0.4, -0.2) is 33.0 Å². The zero-order valence-corrected chi connectivity index (χ0v) is 13.7. The number of carbonyl (C=O) groups excluding carboxylic acids is 3. The number of ether oxygens (including phenoxy) is 1. The third-order valence-corrected chi connectivity index (χ3v) is 5.09. The van der Waals surface area contributed by atoms with Crippen molar-refractivity contribution in [2.75, 3.05) is 5.01 Å². The average molecular weight is 348 g/mol. The first-order valence-corrected chi connectivity index (χ1v) is 8.15. The summed E-state index contributed by atoms with van der Waals surface area (Å²) in [5.41, 5.74) is 1.22. The van der Waals surface area contributed by atoms with Gasteiger partial charge in [-0.2, -0.15) is 10.1 Å². The normalized spacial score (nSPS) is 24.0. The summed E-state index contributed by atoms with van der Waals surface area (Å²) in [6.07, 6.45) is -0.0247. The van der Waals surface area contributed by atoms with E-state index in [4.69, 9.17) is 12.2 Å². The van der Waals surface area contributed by atoms with Crippen LogP contribution in [0.4, 0.5) is 5.69 Å². The summed E-state index contributed by atoms with van der Waals surface area (Å²) in [5, 5.41) is 4.90. The van der Waals surface area contributed by atoms with Crippen LogP contribution in [0, 0.1) is 5.92 Å². The molecule has 2 aliphatic rings. The Balaban J connectivity index is 1.75. The molecule has 8 heteroatoms. The van der Waals surface area contributed by atoms with E-state index in [2.05, 4.69) is 9.84 Å². The van der Waals surface area contributed by atoms with Crippen LogP contribution in [0.15, 0.2) is 35.4 Å². The van der Waals surface area contributed by atoms with Crippen molar-refractivity contribution in [3.63, 3.8) is 0 Å². The minimum atomic E-state index is -0.682. The van der Waals surface area contributed by atoms with Crippen molar-refractivity contribution in [2.45, 2.75) is 18.6 Å². The van der Waals surface area contributed by atoms with E-state index in [1.165, 1.54) is 5.01 Å². The summed E-state index contributed by atoms with van der Waals surface area (Å²) in [4.78, 5) is 35.3. The van der Waals surface area contributed by atoms with Gasteiger partial charge >= 0.3 is 11.9 Å². The Labute approximate surface area is 141 Å². The number of anilines is 1. The molecule has 0 saturated carbocycles. The minimum Gasteiger partial charge on any atom is -0.392 e. The van der Waals surface area contributed by atoms with Crippen LogP contribution >= 0.6 is 24.0 Å². The number of hydrazone groups is 1. The predicted octanol–water partition coefficient (Wildman–Crippen LogP) is 1.93. The fourth-order valence-electron chi connectivity index (χ4n) is 2.34. The number of hydrogen-bond donors (Lipinski definition) is 0. The quantitative estimate of drug-likeness (QED) is 0.472. The molecule has 6 nitrogen and oxygen atoms in total. The van der Waals surface area contributed by atoms with Crippen molar-refractivity contribution in [3.8, 4) is 0 Å². The molecule has 23 heavy (non-hydrogen) atoms. The highest BCUT2D eigenvalue weighted by molar-refractivity contribution is 8.24. The van der Waals surface area contributed by atoms with E-state index >= 15 is 0 Å².